The molecule has 1 aliphatic rings. The molecular formula is C26H28N2OS. The van der Waals surface area contributed by atoms with Crippen LogP contribution in [0.15, 0.2) is 65.7 Å². The highest BCUT2D eigenvalue weighted by atomic mass is 32.1. The van der Waals surface area contributed by atoms with Crippen molar-refractivity contribution in [3.8, 4) is 0 Å². The maximum atomic E-state index is 13.3. The van der Waals surface area contributed by atoms with Gasteiger partial charge < -0.3 is 5.32 Å². The zero-order valence-electron chi connectivity index (χ0n) is 17.8. The quantitative estimate of drug-likeness (QED) is 0.462. The van der Waals surface area contributed by atoms with Crippen molar-refractivity contribution in [2.24, 2.45) is 16.3 Å². The first-order chi connectivity index (χ1) is 14.4. The van der Waals surface area contributed by atoms with Crippen molar-refractivity contribution >= 4 is 34.1 Å². The van der Waals surface area contributed by atoms with Gasteiger partial charge in [-0.05, 0) is 53.9 Å². The van der Waals surface area contributed by atoms with Crippen molar-refractivity contribution in [2.45, 2.75) is 40.0 Å². The lowest BCUT2D eigenvalue weighted by Crippen LogP contribution is -2.27. The monoisotopic (exact) mass is 416 g/mol. The summed E-state index contributed by atoms with van der Waals surface area (Å²) in [4.78, 5) is 19.4. The molecule has 154 valence electrons. The number of thiophene rings is 1. The van der Waals surface area contributed by atoms with Crippen LogP contribution in [0.4, 0.5) is 10.7 Å². The van der Waals surface area contributed by atoms with Gasteiger partial charge >= 0.3 is 0 Å². The number of nitrogens with zero attached hydrogens (tertiary/aromatic N) is 1. The topological polar surface area (TPSA) is 41.5 Å². The number of carbonyl (C=O) groups is 1. The Morgan fingerprint density at radius 3 is 2.40 bits per heavy atom. The van der Waals surface area contributed by atoms with Gasteiger partial charge in [0.05, 0.1) is 5.56 Å². The van der Waals surface area contributed by atoms with E-state index in [1.807, 2.05) is 66.9 Å². The van der Waals surface area contributed by atoms with Crippen LogP contribution in [0.25, 0.3) is 0 Å². The van der Waals surface area contributed by atoms with Crippen LogP contribution >= 0.6 is 11.3 Å². The van der Waals surface area contributed by atoms with Gasteiger partial charge in [-0.3, -0.25) is 4.79 Å². The minimum absolute atomic E-state index is 0.0619. The zero-order chi connectivity index (χ0) is 21.1. The number of hydrogen-bond donors (Lipinski definition) is 1. The van der Waals surface area contributed by atoms with E-state index >= 15 is 0 Å². The van der Waals surface area contributed by atoms with Gasteiger partial charge in [0.15, 0.2) is 0 Å². The first-order valence-corrected chi connectivity index (χ1v) is 11.3. The summed E-state index contributed by atoms with van der Waals surface area (Å²) >= 11 is 1.68. The Hall–Kier alpha value is -2.72. The number of nitrogens with one attached hydrogen (secondary N) is 1. The molecule has 4 heteroatoms. The Labute approximate surface area is 182 Å². The van der Waals surface area contributed by atoms with Gasteiger partial charge in [0, 0.05) is 16.8 Å². The number of fused-ring (bicyclic) bond motifs is 1. The van der Waals surface area contributed by atoms with E-state index in [1.165, 1.54) is 10.4 Å². The van der Waals surface area contributed by atoms with Crippen LogP contribution in [-0.4, -0.2) is 12.1 Å². The van der Waals surface area contributed by atoms with Crippen LogP contribution in [-0.2, 0) is 12.8 Å². The lowest BCUT2D eigenvalue weighted by molar-refractivity contribution is 0.102. The molecule has 1 heterocycles. The Balaban J connectivity index is 1.70. The molecule has 0 fully saturated rings. The number of amides is 1. The Kier molecular flexibility index (Phi) is 5.87. The molecule has 0 bridgehead atoms. The van der Waals surface area contributed by atoms with Gasteiger partial charge in [-0.2, -0.15) is 0 Å². The molecule has 0 radical (unpaired) electrons. The van der Waals surface area contributed by atoms with Crippen LogP contribution in [0.5, 0.6) is 0 Å². The molecule has 4 rings (SSSR count). The van der Waals surface area contributed by atoms with Crippen LogP contribution in [0.2, 0.25) is 0 Å². The first-order valence-electron chi connectivity index (χ1n) is 10.5. The predicted octanol–water partition coefficient (Wildman–Crippen LogP) is 6.90. The van der Waals surface area contributed by atoms with Crippen LogP contribution in [0.3, 0.4) is 0 Å². The van der Waals surface area contributed by atoms with E-state index in [1.54, 1.807) is 11.3 Å². The standard InChI is InChI=1S/C26H28N2OS/c1-26(2,3)19-14-15-21-22(16-19)30-25(27-17-18-10-6-4-7-11-18)23(21)24(29)28-20-12-8-5-9-13-20/h4-13,17,19H,14-16H2,1-3H3,(H,28,29). The number of benzene rings is 2. The summed E-state index contributed by atoms with van der Waals surface area (Å²) in [6, 6.07) is 19.7. The van der Waals surface area contributed by atoms with Crippen molar-refractivity contribution in [3.05, 3.63) is 82.2 Å². The average Bonchev–Trinajstić information content (AvgIpc) is 3.11. The number of aliphatic imine (C=N–C) groups is 1. The average molecular weight is 417 g/mol. The van der Waals surface area contributed by atoms with Crippen molar-refractivity contribution in [3.63, 3.8) is 0 Å². The van der Waals surface area contributed by atoms with Gasteiger partial charge in [0.2, 0.25) is 0 Å². The maximum Gasteiger partial charge on any atom is 0.259 e. The summed E-state index contributed by atoms with van der Waals surface area (Å²) < 4.78 is 0. The Morgan fingerprint density at radius 1 is 1.07 bits per heavy atom. The van der Waals surface area contributed by atoms with Gasteiger partial charge in [0.25, 0.3) is 5.91 Å². The summed E-state index contributed by atoms with van der Waals surface area (Å²) in [5, 5.41) is 3.88. The highest BCUT2D eigenvalue weighted by Crippen LogP contribution is 2.45. The molecule has 2 aromatic carbocycles. The highest BCUT2D eigenvalue weighted by molar-refractivity contribution is 7.16. The number of rotatable bonds is 4. The van der Waals surface area contributed by atoms with E-state index in [9.17, 15) is 4.79 Å². The third-order valence-corrected chi connectivity index (χ3v) is 7.02. The van der Waals surface area contributed by atoms with E-state index in [0.717, 1.165) is 41.1 Å². The molecule has 0 spiro atoms. The number of hydrogen-bond acceptors (Lipinski definition) is 3. The Morgan fingerprint density at radius 2 is 1.73 bits per heavy atom. The molecule has 1 N–H and O–H groups in total. The fourth-order valence-corrected chi connectivity index (χ4v) is 5.29. The third kappa shape index (κ3) is 4.54. The molecule has 1 unspecified atom stereocenters. The molecule has 3 aromatic rings. The fraction of sp³-hybridized carbons (Fsp3) is 0.308. The lowest BCUT2D eigenvalue weighted by Gasteiger charge is -2.33. The molecule has 0 saturated heterocycles. The van der Waals surface area contributed by atoms with Crippen LogP contribution in [0, 0.1) is 11.3 Å². The van der Waals surface area contributed by atoms with Gasteiger partial charge in [-0.1, -0.05) is 69.3 Å². The lowest BCUT2D eigenvalue weighted by atomic mass is 9.72. The van der Waals surface area contributed by atoms with E-state index in [4.69, 9.17) is 4.99 Å². The highest BCUT2D eigenvalue weighted by Gasteiger charge is 2.33. The second kappa shape index (κ2) is 8.57. The smallest absolute Gasteiger partial charge is 0.259 e. The van der Waals surface area contributed by atoms with E-state index in [2.05, 4.69) is 26.1 Å². The summed E-state index contributed by atoms with van der Waals surface area (Å²) in [5.41, 5.74) is 4.05. The normalized spacial score (nSPS) is 16.4. The Bertz CT molecular complexity index is 1050. The molecular weight excluding hydrogens is 388 g/mol. The SMILES string of the molecule is CC(C)(C)C1CCc2c(sc(N=Cc3ccccc3)c2C(=O)Nc2ccccc2)C1. The summed E-state index contributed by atoms with van der Waals surface area (Å²) in [6.07, 6.45) is 4.93. The summed E-state index contributed by atoms with van der Waals surface area (Å²) in [6.45, 7) is 6.94. The van der Waals surface area contributed by atoms with Crippen LogP contribution in [0.1, 0.15) is 53.6 Å². The van der Waals surface area contributed by atoms with Gasteiger partial charge in [-0.25, -0.2) is 4.99 Å². The van der Waals surface area contributed by atoms with Crippen LogP contribution < -0.4 is 5.32 Å². The molecule has 1 aliphatic carbocycles. The molecule has 30 heavy (non-hydrogen) atoms. The molecule has 0 saturated carbocycles. The minimum atomic E-state index is -0.0619. The predicted molar refractivity (Wildman–Crippen MR) is 127 cm³/mol. The third-order valence-electron chi connectivity index (χ3n) is 5.86. The molecule has 0 aliphatic heterocycles. The maximum absolute atomic E-state index is 13.3. The second-order valence-corrected chi connectivity index (χ2v) is 10.1. The minimum Gasteiger partial charge on any atom is -0.322 e. The molecule has 1 aromatic heterocycles. The number of anilines is 1. The molecule has 1 amide bonds. The summed E-state index contributed by atoms with van der Waals surface area (Å²) in [7, 11) is 0. The number of para-hydroxylation sites is 1. The molecule has 1 atom stereocenters. The van der Waals surface area contributed by atoms with Gasteiger partial charge in [-0.15, -0.1) is 11.3 Å². The number of carbonyl (C=O) groups excluding carboxylic acids is 1. The van der Waals surface area contributed by atoms with E-state index in [-0.39, 0.29) is 11.3 Å². The zero-order valence-corrected chi connectivity index (χ0v) is 18.6. The largest absolute Gasteiger partial charge is 0.322 e. The fourth-order valence-electron chi connectivity index (χ4n) is 4.02. The second-order valence-electron chi connectivity index (χ2n) is 8.98. The summed E-state index contributed by atoms with van der Waals surface area (Å²) in [5.74, 6) is 0.563. The first kappa shape index (κ1) is 20.5. The van der Waals surface area contributed by atoms with Gasteiger partial charge in [0.1, 0.15) is 5.00 Å². The van der Waals surface area contributed by atoms with Crippen molar-refractivity contribution in [2.75, 3.05) is 5.32 Å². The van der Waals surface area contributed by atoms with Crippen molar-refractivity contribution in [1.82, 2.24) is 0 Å². The van der Waals surface area contributed by atoms with E-state index in [0.29, 0.717) is 5.92 Å². The van der Waals surface area contributed by atoms with Crippen molar-refractivity contribution in [1.29, 1.82) is 0 Å². The van der Waals surface area contributed by atoms with E-state index < -0.39 is 0 Å². The van der Waals surface area contributed by atoms with Crippen molar-refractivity contribution < 1.29 is 4.79 Å². The molecule has 3 nitrogen and oxygen atoms in total.